The van der Waals surface area contributed by atoms with Gasteiger partial charge in [0.25, 0.3) is 17.7 Å². The van der Waals surface area contributed by atoms with Crippen molar-refractivity contribution in [2.45, 2.75) is 97.2 Å². The van der Waals surface area contributed by atoms with Crippen LogP contribution >= 0.6 is 0 Å². The first kappa shape index (κ1) is 45.0. The number of benzene rings is 3. The van der Waals surface area contributed by atoms with Crippen LogP contribution in [-0.2, 0) is 62.2 Å². The Balaban J connectivity index is 1.89. The second-order valence-corrected chi connectivity index (χ2v) is 15.9. The lowest BCUT2D eigenvalue weighted by molar-refractivity contribution is -0.179. The molecule has 6 unspecified atom stereocenters. The van der Waals surface area contributed by atoms with E-state index in [4.69, 9.17) is 14.2 Å². The smallest absolute Gasteiger partial charge is 0.329 e. The largest absolute Gasteiger partial charge is 0.508 e. The van der Waals surface area contributed by atoms with Crippen molar-refractivity contribution in [3.05, 3.63) is 102 Å². The molecule has 1 saturated heterocycles. The molecule has 3 amide bonds. The van der Waals surface area contributed by atoms with Gasteiger partial charge in [0.15, 0.2) is 18.3 Å². The van der Waals surface area contributed by atoms with Crippen LogP contribution in [-0.4, -0.2) is 113 Å². The molecule has 1 N–H and O–H groups in total. The van der Waals surface area contributed by atoms with Crippen molar-refractivity contribution in [1.29, 1.82) is 0 Å². The van der Waals surface area contributed by atoms with Crippen LogP contribution in [0.2, 0.25) is 0 Å². The Morgan fingerprint density at radius 3 is 0.966 bits per heavy atom. The zero-order valence-corrected chi connectivity index (χ0v) is 34.9. The number of phenols is 1. The van der Waals surface area contributed by atoms with Gasteiger partial charge < -0.3 is 34.0 Å². The summed E-state index contributed by atoms with van der Waals surface area (Å²) in [7, 11) is 4.23. The Morgan fingerprint density at radius 2 is 0.707 bits per heavy atom. The van der Waals surface area contributed by atoms with E-state index in [0.29, 0.717) is 16.7 Å². The number of ether oxygens (including phenoxy) is 3. The minimum absolute atomic E-state index is 0.00226. The number of phenolic OH excluding ortho intramolecular Hbond substituents is 1. The number of hydrogen-bond acceptors (Lipinski definition) is 10. The average molecular weight is 800 g/mol. The molecule has 13 heteroatoms. The van der Waals surface area contributed by atoms with Gasteiger partial charge in [-0.05, 0) is 46.6 Å². The van der Waals surface area contributed by atoms with Crippen LogP contribution in [0.15, 0.2) is 84.9 Å². The minimum atomic E-state index is -1.40. The van der Waals surface area contributed by atoms with E-state index in [9.17, 15) is 33.9 Å². The molecule has 0 aromatic heterocycles. The maximum Gasteiger partial charge on any atom is 0.329 e. The Hall–Kier alpha value is -5.72. The van der Waals surface area contributed by atoms with Crippen molar-refractivity contribution in [3.63, 3.8) is 0 Å². The summed E-state index contributed by atoms with van der Waals surface area (Å²) >= 11 is 0. The number of carbonyl (C=O) groups is 6. The third kappa shape index (κ3) is 11.2. The molecular weight excluding hydrogens is 743 g/mol. The quantitative estimate of drug-likeness (QED) is 0.239. The first-order chi connectivity index (χ1) is 27.4. The van der Waals surface area contributed by atoms with Crippen LogP contribution in [0.4, 0.5) is 0 Å². The molecule has 0 bridgehead atoms. The molecular formula is C45H57N3O10. The maximum absolute atomic E-state index is 14.5. The first-order valence-corrected chi connectivity index (χ1v) is 19.7. The number of esters is 3. The van der Waals surface area contributed by atoms with Gasteiger partial charge in [0, 0.05) is 40.4 Å². The second kappa shape index (κ2) is 20.1. The number of carbonyl (C=O) groups excluding carboxylic acids is 6. The summed E-state index contributed by atoms with van der Waals surface area (Å²) in [5.74, 6) is -6.47. The van der Waals surface area contributed by atoms with Crippen molar-refractivity contribution in [2.24, 2.45) is 17.8 Å². The molecule has 0 radical (unpaired) electrons. The van der Waals surface area contributed by atoms with E-state index in [-0.39, 0.29) is 25.0 Å². The second-order valence-electron chi connectivity index (χ2n) is 15.9. The number of likely N-dealkylation sites (N-methyl/N-ethyl adjacent to an activating group) is 3. The Bertz CT molecular complexity index is 1840. The Morgan fingerprint density at radius 1 is 0.448 bits per heavy atom. The van der Waals surface area contributed by atoms with Gasteiger partial charge in [0.2, 0.25) is 0 Å². The van der Waals surface area contributed by atoms with Gasteiger partial charge in [-0.15, -0.1) is 0 Å². The molecule has 1 aliphatic heterocycles. The molecule has 4 rings (SSSR count). The summed E-state index contributed by atoms with van der Waals surface area (Å²) < 4.78 is 18.0. The number of hydrogen-bond donors (Lipinski definition) is 1. The highest BCUT2D eigenvalue weighted by molar-refractivity contribution is 5.94. The SMILES string of the molecule is CC(C)C1OC(=O)C(Cc2ccc(O)cc2)N(C)C(=O)C(C(C)C)OC(=O)C(Cc2ccccc2)N(C)C(=O)C(C(C)C)OC(=O)C(Cc2ccccc2)N(C)C1=O. The number of nitrogens with zero attached hydrogens (tertiary/aromatic N) is 3. The molecule has 1 fully saturated rings. The van der Waals surface area contributed by atoms with Gasteiger partial charge in [-0.3, -0.25) is 14.4 Å². The fourth-order valence-corrected chi connectivity index (χ4v) is 6.75. The van der Waals surface area contributed by atoms with Gasteiger partial charge in [0.05, 0.1) is 0 Å². The van der Waals surface area contributed by atoms with Gasteiger partial charge >= 0.3 is 17.9 Å². The van der Waals surface area contributed by atoms with Crippen molar-refractivity contribution in [1.82, 2.24) is 14.7 Å². The highest BCUT2D eigenvalue weighted by Crippen LogP contribution is 2.24. The lowest BCUT2D eigenvalue weighted by Gasteiger charge is -2.37. The molecule has 312 valence electrons. The summed E-state index contributed by atoms with van der Waals surface area (Å²) in [6, 6.07) is 20.2. The van der Waals surface area contributed by atoms with Crippen molar-refractivity contribution >= 4 is 35.6 Å². The fraction of sp³-hybridized carbons (Fsp3) is 0.467. The first-order valence-electron chi connectivity index (χ1n) is 19.7. The number of cyclic esters (lactones) is 3. The molecule has 1 aliphatic rings. The van der Waals surface area contributed by atoms with Crippen LogP contribution in [0.1, 0.15) is 58.2 Å². The van der Waals surface area contributed by atoms with Crippen LogP contribution < -0.4 is 0 Å². The van der Waals surface area contributed by atoms with Crippen LogP contribution in [0.3, 0.4) is 0 Å². The fourth-order valence-electron chi connectivity index (χ4n) is 6.75. The van der Waals surface area contributed by atoms with Crippen LogP contribution in [0.25, 0.3) is 0 Å². The lowest BCUT2D eigenvalue weighted by atomic mass is 9.99. The highest BCUT2D eigenvalue weighted by atomic mass is 16.6. The summed E-state index contributed by atoms with van der Waals surface area (Å²) in [6.07, 6.45) is -4.25. The van der Waals surface area contributed by atoms with E-state index in [1.165, 1.54) is 43.1 Å². The number of amides is 3. The third-order valence-electron chi connectivity index (χ3n) is 10.4. The molecule has 3 aromatic carbocycles. The topological polar surface area (TPSA) is 160 Å². The molecule has 0 spiro atoms. The van der Waals surface area contributed by atoms with E-state index in [1.54, 1.807) is 102 Å². The monoisotopic (exact) mass is 799 g/mol. The third-order valence-corrected chi connectivity index (χ3v) is 10.4. The van der Waals surface area contributed by atoms with Gasteiger partial charge in [-0.1, -0.05) is 114 Å². The molecule has 3 aromatic rings. The van der Waals surface area contributed by atoms with Crippen molar-refractivity contribution < 1.29 is 48.1 Å². The minimum Gasteiger partial charge on any atom is -0.508 e. The Kier molecular flexibility index (Phi) is 15.6. The van der Waals surface area contributed by atoms with Gasteiger partial charge in [-0.2, -0.15) is 0 Å². The summed E-state index contributed by atoms with van der Waals surface area (Å²) in [5, 5.41) is 9.94. The predicted octanol–water partition coefficient (Wildman–Crippen LogP) is 4.62. The van der Waals surface area contributed by atoms with E-state index in [1.807, 2.05) is 12.1 Å². The highest BCUT2D eigenvalue weighted by Gasteiger charge is 2.44. The van der Waals surface area contributed by atoms with E-state index in [2.05, 4.69) is 0 Å². The van der Waals surface area contributed by atoms with E-state index < -0.39 is 89.8 Å². The normalized spacial score (nSPS) is 23.5. The molecule has 13 nitrogen and oxygen atoms in total. The summed E-state index contributed by atoms with van der Waals surface area (Å²) in [4.78, 5) is 89.9. The van der Waals surface area contributed by atoms with Crippen LogP contribution in [0, 0.1) is 17.8 Å². The molecule has 6 atom stereocenters. The zero-order chi connectivity index (χ0) is 42.8. The molecule has 0 saturated carbocycles. The van der Waals surface area contributed by atoms with Gasteiger partial charge in [0.1, 0.15) is 23.9 Å². The molecule has 0 aliphatic carbocycles. The van der Waals surface area contributed by atoms with Crippen molar-refractivity contribution in [2.75, 3.05) is 21.1 Å². The maximum atomic E-state index is 14.5. The summed E-state index contributed by atoms with van der Waals surface area (Å²) in [5.41, 5.74) is 1.97. The number of rotatable bonds is 9. The summed E-state index contributed by atoms with van der Waals surface area (Å²) in [6.45, 7) is 10.2. The van der Waals surface area contributed by atoms with E-state index >= 15 is 0 Å². The average Bonchev–Trinajstić information content (AvgIpc) is 3.20. The zero-order valence-electron chi connectivity index (χ0n) is 34.9. The molecule has 58 heavy (non-hydrogen) atoms. The van der Waals surface area contributed by atoms with Crippen molar-refractivity contribution in [3.8, 4) is 5.75 Å². The predicted molar refractivity (Wildman–Crippen MR) is 216 cm³/mol. The van der Waals surface area contributed by atoms with Crippen LogP contribution in [0.5, 0.6) is 5.75 Å². The lowest BCUT2D eigenvalue weighted by Crippen LogP contribution is -2.56. The number of aromatic hydroxyl groups is 1. The van der Waals surface area contributed by atoms with E-state index in [0.717, 1.165) is 4.90 Å². The van der Waals surface area contributed by atoms with Gasteiger partial charge in [-0.25, -0.2) is 14.4 Å². The Labute approximate surface area is 341 Å². The molecule has 1 heterocycles. The standard InChI is InChI=1S/C45H57N3O10/c1-27(2)37-40(50)46(7)35(25-31-18-14-11-15-19-31)44(54)57-39(29(5)6)42(52)48(9)36(26-32-20-22-33(49)23-21-32)45(55)58-38(28(3)4)41(51)47(8)34(43(53)56-37)24-30-16-12-10-13-17-30/h10-23,27-29,34-39,49H,24-26H2,1-9H3.